The van der Waals surface area contributed by atoms with E-state index in [1.807, 2.05) is 19.1 Å². The van der Waals surface area contributed by atoms with Crippen LogP contribution in [0.1, 0.15) is 0 Å². The topological polar surface area (TPSA) is 27.8 Å². The van der Waals surface area contributed by atoms with Gasteiger partial charge in [-0.05, 0) is 0 Å². The molecule has 0 radical (unpaired) electrons. The van der Waals surface area contributed by atoms with Crippen molar-refractivity contribution in [1.82, 2.24) is 10.4 Å². The molecule has 0 bridgehead atoms. The normalized spacial score (nSPS) is 26.6. The molecular formula is C5H12N2O. The first kappa shape index (κ1) is 6.01. The molecule has 0 spiro atoms. The Morgan fingerprint density at radius 2 is 2.38 bits per heavy atom. The molecule has 1 rings (SSSR count). The first-order valence-electron chi connectivity index (χ1n) is 2.81. The van der Waals surface area contributed by atoms with Crippen LogP contribution in [-0.4, -0.2) is 38.4 Å². The van der Waals surface area contributed by atoms with Gasteiger partial charge < -0.3 is 4.74 Å². The van der Waals surface area contributed by atoms with Crippen LogP contribution in [0.3, 0.4) is 0 Å². The standard InChI is InChI=1S/C5H12N2O/c1-7(2)6-3-5-4-8-5/h5-6H,3-4H2,1-2H3. The summed E-state index contributed by atoms with van der Waals surface area (Å²) in [7, 11) is 3.95. The second-order valence-electron chi connectivity index (χ2n) is 2.21. The largest absolute Gasteiger partial charge is 0.372 e. The third kappa shape index (κ3) is 2.26. The predicted octanol–water partition coefficient (Wildman–Crippen LogP) is -0.549. The maximum absolute atomic E-state index is 4.97. The van der Waals surface area contributed by atoms with Crippen LogP contribution < -0.4 is 5.43 Å². The van der Waals surface area contributed by atoms with Gasteiger partial charge in [0.25, 0.3) is 0 Å². The van der Waals surface area contributed by atoms with Gasteiger partial charge in [-0.15, -0.1) is 0 Å². The molecule has 1 N–H and O–H groups in total. The highest BCUT2D eigenvalue weighted by Gasteiger charge is 2.21. The van der Waals surface area contributed by atoms with Gasteiger partial charge in [-0.3, -0.25) is 10.4 Å². The molecule has 8 heavy (non-hydrogen) atoms. The Kier molecular flexibility index (Phi) is 1.83. The highest BCUT2D eigenvalue weighted by atomic mass is 16.6. The third-order valence-corrected chi connectivity index (χ3v) is 1.04. The van der Waals surface area contributed by atoms with Gasteiger partial charge in [-0.1, -0.05) is 0 Å². The molecule has 1 atom stereocenters. The zero-order valence-electron chi connectivity index (χ0n) is 5.35. The first-order chi connectivity index (χ1) is 3.79. The van der Waals surface area contributed by atoms with Crippen LogP contribution in [0.4, 0.5) is 0 Å². The zero-order chi connectivity index (χ0) is 5.98. The quantitative estimate of drug-likeness (QED) is 0.396. The molecule has 0 aromatic rings. The van der Waals surface area contributed by atoms with E-state index in [2.05, 4.69) is 5.43 Å². The number of nitrogens with one attached hydrogen (secondary N) is 1. The lowest BCUT2D eigenvalue weighted by Crippen LogP contribution is -2.33. The van der Waals surface area contributed by atoms with E-state index >= 15 is 0 Å². The number of hydrazine groups is 1. The molecule has 1 aliphatic heterocycles. The van der Waals surface area contributed by atoms with Gasteiger partial charge in [0.1, 0.15) is 0 Å². The fourth-order valence-electron chi connectivity index (χ4n) is 0.470. The van der Waals surface area contributed by atoms with Crippen molar-refractivity contribution in [2.75, 3.05) is 27.2 Å². The van der Waals surface area contributed by atoms with E-state index in [9.17, 15) is 0 Å². The van der Waals surface area contributed by atoms with Crippen LogP contribution in [0.15, 0.2) is 0 Å². The van der Waals surface area contributed by atoms with E-state index in [0.29, 0.717) is 6.10 Å². The van der Waals surface area contributed by atoms with Gasteiger partial charge in [0, 0.05) is 20.6 Å². The molecule has 0 aliphatic carbocycles. The average molecular weight is 116 g/mol. The lowest BCUT2D eigenvalue weighted by Gasteiger charge is -2.08. The zero-order valence-corrected chi connectivity index (χ0v) is 5.35. The van der Waals surface area contributed by atoms with Gasteiger partial charge in [0.15, 0.2) is 0 Å². The van der Waals surface area contributed by atoms with E-state index in [0.717, 1.165) is 13.2 Å². The summed E-state index contributed by atoms with van der Waals surface area (Å²) in [6, 6.07) is 0. The van der Waals surface area contributed by atoms with Crippen LogP contribution >= 0.6 is 0 Å². The van der Waals surface area contributed by atoms with Crippen LogP contribution in [0, 0.1) is 0 Å². The highest BCUT2D eigenvalue weighted by molar-refractivity contribution is 4.69. The number of nitrogens with zero attached hydrogens (tertiary/aromatic N) is 1. The number of ether oxygens (including phenoxy) is 1. The van der Waals surface area contributed by atoms with Crippen LogP contribution in [0.25, 0.3) is 0 Å². The number of rotatable bonds is 3. The minimum atomic E-state index is 0.484. The number of epoxide rings is 1. The van der Waals surface area contributed by atoms with E-state index in [4.69, 9.17) is 4.74 Å². The molecule has 0 aromatic heterocycles. The summed E-state index contributed by atoms with van der Waals surface area (Å²) in [6.45, 7) is 1.88. The van der Waals surface area contributed by atoms with Crippen molar-refractivity contribution in [3.8, 4) is 0 Å². The summed E-state index contributed by atoms with van der Waals surface area (Å²) in [5, 5.41) is 1.93. The monoisotopic (exact) mass is 116 g/mol. The molecule has 1 unspecified atom stereocenters. The molecule has 1 fully saturated rings. The lowest BCUT2D eigenvalue weighted by atomic mass is 10.5. The molecule has 1 saturated heterocycles. The third-order valence-electron chi connectivity index (χ3n) is 1.04. The lowest BCUT2D eigenvalue weighted by molar-refractivity contribution is 0.267. The molecule has 3 nitrogen and oxygen atoms in total. The molecular weight excluding hydrogens is 104 g/mol. The fraction of sp³-hybridized carbons (Fsp3) is 1.00. The highest BCUT2D eigenvalue weighted by Crippen LogP contribution is 2.05. The van der Waals surface area contributed by atoms with E-state index in [1.165, 1.54) is 0 Å². The molecule has 48 valence electrons. The van der Waals surface area contributed by atoms with Crippen LogP contribution in [0.5, 0.6) is 0 Å². The van der Waals surface area contributed by atoms with Gasteiger partial charge in [0.2, 0.25) is 0 Å². The predicted molar refractivity (Wildman–Crippen MR) is 31.4 cm³/mol. The Balaban J connectivity index is 1.87. The summed E-state index contributed by atoms with van der Waals surface area (Å²) in [6.07, 6.45) is 0.484. The Morgan fingerprint density at radius 1 is 1.75 bits per heavy atom. The second-order valence-corrected chi connectivity index (χ2v) is 2.21. The Morgan fingerprint density at radius 3 is 2.75 bits per heavy atom. The molecule has 0 aromatic carbocycles. The second kappa shape index (κ2) is 2.44. The van der Waals surface area contributed by atoms with Crippen molar-refractivity contribution in [2.24, 2.45) is 0 Å². The van der Waals surface area contributed by atoms with Gasteiger partial charge in [0.05, 0.1) is 12.7 Å². The minimum absolute atomic E-state index is 0.484. The Hall–Kier alpha value is -0.120. The van der Waals surface area contributed by atoms with Crippen LogP contribution in [0.2, 0.25) is 0 Å². The van der Waals surface area contributed by atoms with E-state index in [1.54, 1.807) is 0 Å². The van der Waals surface area contributed by atoms with Crippen molar-refractivity contribution in [3.05, 3.63) is 0 Å². The first-order valence-corrected chi connectivity index (χ1v) is 2.81. The Labute approximate surface area is 49.6 Å². The average Bonchev–Trinajstić information content (AvgIpc) is 2.41. The summed E-state index contributed by atoms with van der Waals surface area (Å²) in [5.74, 6) is 0. The number of hydrogen-bond acceptors (Lipinski definition) is 3. The summed E-state index contributed by atoms with van der Waals surface area (Å²) < 4.78 is 4.97. The maximum atomic E-state index is 4.97. The molecule has 1 heterocycles. The summed E-state index contributed by atoms with van der Waals surface area (Å²) in [4.78, 5) is 0. The number of hydrogen-bond donors (Lipinski definition) is 1. The minimum Gasteiger partial charge on any atom is -0.372 e. The molecule has 0 saturated carbocycles. The van der Waals surface area contributed by atoms with Crippen molar-refractivity contribution >= 4 is 0 Å². The van der Waals surface area contributed by atoms with E-state index in [-0.39, 0.29) is 0 Å². The fourth-order valence-corrected chi connectivity index (χ4v) is 0.470. The molecule has 3 heteroatoms. The van der Waals surface area contributed by atoms with Gasteiger partial charge in [-0.2, -0.15) is 0 Å². The van der Waals surface area contributed by atoms with Crippen molar-refractivity contribution in [1.29, 1.82) is 0 Å². The van der Waals surface area contributed by atoms with Crippen molar-refractivity contribution < 1.29 is 4.74 Å². The van der Waals surface area contributed by atoms with Gasteiger partial charge >= 0.3 is 0 Å². The summed E-state index contributed by atoms with van der Waals surface area (Å²) >= 11 is 0. The molecule has 1 aliphatic rings. The van der Waals surface area contributed by atoms with Crippen LogP contribution in [-0.2, 0) is 4.74 Å². The maximum Gasteiger partial charge on any atom is 0.0947 e. The van der Waals surface area contributed by atoms with Crippen molar-refractivity contribution in [2.45, 2.75) is 6.10 Å². The molecule has 0 amide bonds. The van der Waals surface area contributed by atoms with Crippen molar-refractivity contribution in [3.63, 3.8) is 0 Å². The van der Waals surface area contributed by atoms with Gasteiger partial charge in [-0.25, -0.2) is 0 Å². The smallest absolute Gasteiger partial charge is 0.0947 e. The summed E-state index contributed by atoms with van der Waals surface area (Å²) in [5.41, 5.74) is 3.12. The van der Waals surface area contributed by atoms with E-state index < -0.39 is 0 Å². The Bertz CT molecular complexity index is 68.8. The SMILES string of the molecule is CN(C)NCC1CO1.